The van der Waals surface area contributed by atoms with E-state index < -0.39 is 17.5 Å². The number of fused-ring (bicyclic) bond motifs is 2. The third-order valence-electron chi connectivity index (χ3n) is 8.39. The number of H-pyrrole nitrogens is 1. The van der Waals surface area contributed by atoms with E-state index in [1.807, 2.05) is 19.1 Å². The molecule has 214 valence electrons. The normalized spacial score (nSPS) is 24.7. The van der Waals surface area contributed by atoms with E-state index in [2.05, 4.69) is 35.5 Å². The quantitative estimate of drug-likeness (QED) is 0.341. The van der Waals surface area contributed by atoms with Crippen LogP contribution in [0.2, 0.25) is 0 Å². The maximum Gasteiger partial charge on any atom is 0.319 e. The van der Waals surface area contributed by atoms with E-state index in [4.69, 9.17) is 9.47 Å². The molecule has 0 radical (unpaired) electrons. The maximum absolute atomic E-state index is 16.5. The number of hydrogen-bond donors (Lipinski definition) is 3. The van der Waals surface area contributed by atoms with Crippen LogP contribution in [0.1, 0.15) is 32.6 Å². The van der Waals surface area contributed by atoms with Gasteiger partial charge < -0.3 is 19.8 Å². The number of aromatic amines is 1. The first-order chi connectivity index (χ1) is 19.9. The molecule has 12 heteroatoms. The Morgan fingerprint density at radius 2 is 2.12 bits per heavy atom. The Bertz CT molecular complexity index is 1700. The number of aromatic nitrogens is 4. The van der Waals surface area contributed by atoms with Crippen LogP contribution in [-0.2, 0) is 0 Å². The lowest BCUT2D eigenvalue weighted by molar-refractivity contribution is 0.107. The van der Waals surface area contributed by atoms with E-state index in [-0.39, 0.29) is 52.5 Å². The number of ether oxygens (including phenoxy) is 2. The minimum absolute atomic E-state index is 0.0259. The van der Waals surface area contributed by atoms with Crippen LogP contribution in [0, 0.1) is 5.82 Å². The summed E-state index contributed by atoms with van der Waals surface area (Å²) in [6, 6.07) is 8.65. The molecule has 0 aliphatic carbocycles. The first kappa shape index (κ1) is 26.0. The van der Waals surface area contributed by atoms with Gasteiger partial charge in [-0.25, -0.2) is 13.8 Å². The molecule has 3 aliphatic rings. The lowest BCUT2D eigenvalue weighted by Gasteiger charge is -2.30. The Morgan fingerprint density at radius 3 is 3.02 bits per heavy atom. The molecular weight excluding hydrogens is 532 g/mol. The highest BCUT2D eigenvalue weighted by Crippen LogP contribution is 2.41. The molecule has 2 saturated heterocycles. The molecule has 0 saturated carbocycles. The van der Waals surface area contributed by atoms with Crippen molar-refractivity contribution in [1.29, 1.82) is 0 Å². The topological polar surface area (TPSA) is 117 Å². The number of nitrogens with zero attached hydrogens (tertiary/aromatic N) is 4. The standard InChI is InChI=1S/C29H31F2N7O3/c1-16-7-9-32-15-33-26-21-24(36-28(37-26)40-14-29-8-4-10-38(29)13-18(30)12-29)22(31)25(35-27(21)41-16)23-19-6-3-2-5-17(19)11-20(39)34-23/h2-3,5-6,11,16,18,32H,4,7-10,12-15H2,1H3,(H,34,39)(H,33,36,37)/t16-,18+,29?/m0/s1. The summed E-state index contributed by atoms with van der Waals surface area (Å²) in [5, 5.41) is 8.04. The third-order valence-corrected chi connectivity index (χ3v) is 8.39. The van der Waals surface area contributed by atoms with E-state index in [1.54, 1.807) is 12.1 Å². The summed E-state index contributed by atoms with van der Waals surface area (Å²) >= 11 is 0. The highest BCUT2D eigenvalue weighted by atomic mass is 19.1. The van der Waals surface area contributed by atoms with Gasteiger partial charge in [0.25, 0.3) is 0 Å². The van der Waals surface area contributed by atoms with Crippen LogP contribution in [0.15, 0.2) is 35.1 Å². The van der Waals surface area contributed by atoms with Crippen molar-refractivity contribution in [2.45, 2.75) is 50.4 Å². The minimum atomic E-state index is -0.902. The molecule has 1 aromatic carbocycles. The van der Waals surface area contributed by atoms with Gasteiger partial charge in [-0.05, 0) is 38.1 Å². The van der Waals surface area contributed by atoms with Crippen molar-refractivity contribution in [3.05, 3.63) is 46.5 Å². The van der Waals surface area contributed by atoms with Crippen LogP contribution in [-0.4, -0.2) is 75.6 Å². The second kappa shape index (κ2) is 10.2. The SMILES string of the molecule is C[C@H]1CCNCNc2nc(OCC34CCCN3C[C@H](F)C4)nc3c(F)c(-c4[nH]c(=O)cc5ccccc45)nc(c23)O1. The average molecular weight is 564 g/mol. The fraction of sp³-hybridized carbons (Fsp3) is 0.448. The molecule has 41 heavy (non-hydrogen) atoms. The first-order valence-electron chi connectivity index (χ1n) is 14.1. The molecule has 4 aromatic rings. The molecule has 6 heterocycles. The lowest BCUT2D eigenvalue weighted by atomic mass is 9.95. The lowest BCUT2D eigenvalue weighted by Crippen LogP contribution is -2.43. The van der Waals surface area contributed by atoms with Crippen LogP contribution < -0.4 is 25.7 Å². The maximum atomic E-state index is 16.5. The Balaban J connectivity index is 1.40. The van der Waals surface area contributed by atoms with Crippen molar-refractivity contribution in [2.75, 3.05) is 38.2 Å². The summed E-state index contributed by atoms with van der Waals surface area (Å²) in [4.78, 5) is 31.2. The first-order valence-corrected chi connectivity index (χ1v) is 14.1. The second-order valence-corrected chi connectivity index (χ2v) is 11.2. The summed E-state index contributed by atoms with van der Waals surface area (Å²) in [5.74, 6) is -0.274. The van der Waals surface area contributed by atoms with Gasteiger partial charge in [0.05, 0.1) is 24.0 Å². The molecule has 10 nitrogen and oxygen atoms in total. The van der Waals surface area contributed by atoms with Gasteiger partial charge in [0.1, 0.15) is 35.2 Å². The monoisotopic (exact) mass is 563 g/mol. The number of alkyl halides is 1. The van der Waals surface area contributed by atoms with Crippen molar-refractivity contribution in [3.63, 3.8) is 0 Å². The second-order valence-electron chi connectivity index (χ2n) is 11.2. The van der Waals surface area contributed by atoms with Crippen LogP contribution in [0.25, 0.3) is 33.1 Å². The molecule has 7 rings (SSSR count). The largest absolute Gasteiger partial charge is 0.474 e. The van der Waals surface area contributed by atoms with Gasteiger partial charge in [0.15, 0.2) is 5.82 Å². The van der Waals surface area contributed by atoms with Crippen molar-refractivity contribution in [1.82, 2.24) is 30.2 Å². The van der Waals surface area contributed by atoms with E-state index in [0.717, 1.165) is 19.4 Å². The molecule has 3 atom stereocenters. The van der Waals surface area contributed by atoms with Gasteiger partial charge >= 0.3 is 6.01 Å². The smallest absolute Gasteiger partial charge is 0.319 e. The number of pyridine rings is 2. The predicted octanol–water partition coefficient (Wildman–Crippen LogP) is 3.76. The van der Waals surface area contributed by atoms with Crippen molar-refractivity contribution in [3.8, 4) is 23.3 Å². The van der Waals surface area contributed by atoms with Crippen LogP contribution in [0.4, 0.5) is 14.6 Å². The van der Waals surface area contributed by atoms with Gasteiger partial charge in [-0.3, -0.25) is 15.0 Å². The summed E-state index contributed by atoms with van der Waals surface area (Å²) in [5.41, 5.74) is -0.698. The fourth-order valence-corrected chi connectivity index (χ4v) is 6.41. The zero-order chi connectivity index (χ0) is 28.1. The Kier molecular flexibility index (Phi) is 6.46. The van der Waals surface area contributed by atoms with Crippen LogP contribution in [0.3, 0.4) is 0 Å². The summed E-state index contributed by atoms with van der Waals surface area (Å²) in [6.07, 6.45) is 1.73. The van der Waals surface area contributed by atoms with Gasteiger partial charge in [-0.1, -0.05) is 24.3 Å². The molecule has 0 spiro atoms. The van der Waals surface area contributed by atoms with Crippen LogP contribution in [0.5, 0.6) is 11.9 Å². The molecule has 0 bridgehead atoms. The van der Waals surface area contributed by atoms with E-state index in [1.165, 1.54) is 6.07 Å². The van der Waals surface area contributed by atoms with E-state index in [9.17, 15) is 9.18 Å². The summed E-state index contributed by atoms with van der Waals surface area (Å²) in [7, 11) is 0. The fourth-order valence-electron chi connectivity index (χ4n) is 6.41. The number of halogens is 2. The number of rotatable bonds is 4. The predicted molar refractivity (Wildman–Crippen MR) is 151 cm³/mol. The molecule has 2 fully saturated rings. The zero-order valence-corrected chi connectivity index (χ0v) is 22.7. The minimum Gasteiger partial charge on any atom is -0.474 e. The molecule has 3 aliphatic heterocycles. The van der Waals surface area contributed by atoms with Gasteiger partial charge in [0, 0.05) is 31.0 Å². The summed E-state index contributed by atoms with van der Waals surface area (Å²) < 4.78 is 43.2. The zero-order valence-electron chi connectivity index (χ0n) is 22.7. The molecule has 1 unspecified atom stereocenters. The van der Waals surface area contributed by atoms with Crippen LogP contribution >= 0.6 is 0 Å². The van der Waals surface area contributed by atoms with Crippen molar-refractivity contribution < 1.29 is 18.3 Å². The van der Waals surface area contributed by atoms with E-state index >= 15 is 4.39 Å². The molecular formula is C29H31F2N7O3. The molecule has 3 aromatic heterocycles. The van der Waals surface area contributed by atoms with E-state index in [0.29, 0.717) is 49.2 Å². The molecule has 0 amide bonds. The number of hydrogen-bond acceptors (Lipinski definition) is 9. The highest BCUT2D eigenvalue weighted by Gasteiger charge is 2.49. The van der Waals surface area contributed by atoms with Gasteiger partial charge in [-0.15, -0.1) is 0 Å². The number of anilines is 1. The number of nitrogens with one attached hydrogen (secondary N) is 3. The van der Waals surface area contributed by atoms with Crippen molar-refractivity contribution in [2.24, 2.45) is 0 Å². The Labute approximate surface area is 234 Å². The van der Waals surface area contributed by atoms with Gasteiger partial charge in [-0.2, -0.15) is 9.97 Å². The summed E-state index contributed by atoms with van der Waals surface area (Å²) in [6.45, 7) is 4.39. The Morgan fingerprint density at radius 1 is 1.24 bits per heavy atom. The van der Waals surface area contributed by atoms with Gasteiger partial charge in [0.2, 0.25) is 11.4 Å². The highest BCUT2D eigenvalue weighted by molar-refractivity contribution is 5.99. The average Bonchev–Trinajstić information content (AvgIpc) is 3.48. The third kappa shape index (κ3) is 4.64. The number of benzene rings is 1. The Hall–Kier alpha value is -3.90. The molecule has 3 N–H and O–H groups in total. The van der Waals surface area contributed by atoms with Crippen molar-refractivity contribution >= 4 is 27.5 Å².